The maximum atomic E-state index is 13.6. The number of unbranched alkanes of at least 4 members (excludes halogenated alkanes) is 2. The SMILES string of the molecule is CCCCCN(C)CCC(NC)c1ccc(C)c(F)c1. The monoisotopic (exact) mass is 280 g/mol. The Morgan fingerprint density at radius 2 is 2.00 bits per heavy atom. The summed E-state index contributed by atoms with van der Waals surface area (Å²) in [4.78, 5) is 2.37. The molecular formula is C17H29FN2. The van der Waals surface area contributed by atoms with Crippen LogP contribution in [-0.2, 0) is 0 Å². The van der Waals surface area contributed by atoms with Crippen LogP contribution in [0.4, 0.5) is 4.39 Å². The third kappa shape index (κ3) is 5.59. The smallest absolute Gasteiger partial charge is 0.126 e. The molecule has 0 saturated carbocycles. The minimum absolute atomic E-state index is 0.112. The highest BCUT2D eigenvalue weighted by Crippen LogP contribution is 2.19. The number of halogens is 1. The number of hydrogen-bond acceptors (Lipinski definition) is 2. The fraction of sp³-hybridized carbons (Fsp3) is 0.647. The molecule has 2 nitrogen and oxygen atoms in total. The van der Waals surface area contributed by atoms with E-state index in [9.17, 15) is 4.39 Å². The number of nitrogens with zero attached hydrogens (tertiary/aromatic N) is 1. The van der Waals surface area contributed by atoms with Gasteiger partial charge in [0.2, 0.25) is 0 Å². The van der Waals surface area contributed by atoms with E-state index in [1.54, 1.807) is 13.0 Å². The molecule has 1 N–H and O–H groups in total. The summed E-state index contributed by atoms with van der Waals surface area (Å²) in [6.45, 7) is 6.20. The Kier molecular flexibility index (Phi) is 7.78. The molecule has 0 aliphatic rings. The second-order valence-corrected chi connectivity index (χ2v) is 5.65. The van der Waals surface area contributed by atoms with Gasteiger partial charge in [0, 0.05) is 6.04 Å². The molecule has 0 heterocycles. The van der Waals surface area contributed by atoms with E-state index < -0.39 is 0 Å². The van der Waals surface area contributed by atoms with Gasteiger partial charge in [-0.3, -0.25) is 0 Å². The lowest BCUT2D eigenvalue weighted by Crippen LogP contribution is -2.26. The van der Waals surface area contributed by atoms with Crippen LogP contribution in [0.1, 0.15) is 49.8 Å². The molecule has 0 spiro atoms. The first-order valence-corrected chi connectivity index (χ1v) is 7.70. The lowest BCUT2D eigenvalue weighted by Gasteiger charge is -2.22. The summed E-state index contributed by atoms with van der Waals surface area (Å²) in [5.74, 6) is -0.112. The second kappa shape index (κ2) is 9.09. The molecule has 1 aromatic carbocycles. The molecule has 0 aromatic heterocycles. The first-order valence-electron chi connectivity index (χ1n) is 7.70. The number of hydrogen-bond donors (Lipinski definition) is 1. The van der Waals surface area contributed by atoms with Crippen molar-refractivity contribution in [2.24, 2.45) is 0 Å². The fourth-order valence-electron chi connectivity index (χ4n) is 2.40. The first-order chi connectivity index (χ1) is 9.58. The van der Waals surface area contributed by atoms with Crippen molar-refractivity contribution in [1.29, 1.82) is 0 Å². The second-order valence-electron chi connectivity index (χ2n) is 5.65. The van der Waals surface area contributed by atoms with Crippen LogP contribution in [0.25, 0.3) is 0 Å². The summed E-state index contributed by atoms with van der Waals surface area (Å²) in [5, 5.41) is 3.29. The maximum absolute atomic E-state index is 13.6. The Labute approximate surface area is 123 Å². The average molecular weight is 280 g/mol. The van der Waals surface area contributed by atoms with E-state index in [-0.39, 0.29) is 11.9 Å². The topological polar surface area (TPSA) is 15.3 Å². The van der Waals surface area contributed by atoms with Crippen LogP contribution in [0, 0.1) is 12.7 Å². The first kappa shape index (κ1) is 17.1. The quantitative estimate of drug-likeness (QED) is 0.690. The lowest BCUT2D eigenvalue weighted by molar-refractivity contribution is 0.304. The Morgan fingerprint density at radius 3 is 2.60 bits per heavy atom. The summed E-state index contributed by atoms with van der Waals surface area (Å²) < 4.78 is 13.6. The molecule has 0 fully saturated rings. The highest BCUT2D eigenvalue weighted by Gasteiger charge is 2.12. The van der Waals surface area contributed by atoms with Gasteiger partial charge >= 0.3 is 0 Å². The minimum atomic E-state index is -0.112. The van der Waals surface area contributed by atoms with Gasteiger partial charge in [0.25, 0.3) is 0 Å². The van der Waals surface area contributed by atoms with Gasteiger partial charge in [0.1, 0.15) is 5.82 Å². The van der Waals surface area contributed by atoms with Gasteiger partial charge in [-0.15, -0.1) is 0 Å². The Morgan fingerprint density at radius 1 is 1.25 bits per heavy atom. The summed E-state index contributed by atoms with van der Waals surface area (Å²) >= 11 is 0. The van der Waals surface area contributed by atoms with Gasteiger partial charge in [-0.2, -0.15) is 0 Å². The zero-order chi connectivity index (χ0) is 15.0. The van der Waals surface area contributed by atoms with Crippen molar-refractivity contribution < 1.29 is 4.39 Å². The molecule has 0 aliphatic carbocycles. The zero-order valence-electron chi connectivity index (χ0n) is 13.4. The van der Waals surface area contributed by atoms with Crippen molar-refractivity contribution in [2.75, 3.05) is 27.2 Å². The summed E-state index contributed by atoms with van der Waals surface area (Å²) in [5.41, 5.74) is 1.75. The Balaban J connectivity index is 2.48. The molecule has 0 bridgehead atoms. The molecule has 0 aliphatic heterocycles. The van der Waals surface area contributed by atoms with Gasteiger partial charge in [0.05, 0.1) is 0 Å². The van der Waals surface area contributed by atoms with Crippen molar-refractivity contribution in [3.05, 3.63) is 35.1 Å². The van der Waals surface area contributed by atoms with Gasteiger partial charge in [0.15, 0.2) is 0 Å². The Hall–Kier alpha value is -0.930. The number of rotatable bonds is 9. The van der Waals surface area contributed by atoms with Crippen LogP contribution in [0.2, 0.25) is 0 Å². The third-order valence-corrected chi connectivity index (χ3v) is 3.89. The van der Waals surface area contributed by atoms with Crippen molar-refractivity contribution in [3.8, 4) is 0 Å². The maximum Gasteiger partial charge on any atom is 0.126 e. The molecule has 20 heavy (non-hydrogen) atoms. The van der Waals surface area contributed by atoms with Crippen molar-refractivity contribution in [2.45, 2.75) is 45.6 Å². The molecule has 1 atom stereocenters. The van der Waals surface area contributed by atoms with Crippen molar-refractivity contribution in [1.82, 2.24) is 10.2 Å². The number of aryl methyl sites for hydroxylation is 1. The summed E-state index contributed by atoms with van der Waals surface area (Å²) in [6, 6.07) is 5.77. The lowest BCUT2D eigenvalue weighted by atomic mass is 10.0. The van der Waals surface area contributed by atoms with Crippen LogP contribution in [0.3, 0.4) is 0 Å². The van der Waals surface area contributed by atoms with E-state index in [0.29, 0.717) is 5.56 Å². The van der Waals surface area contributed by atoms with Crippen LogP contribution in [-0.4, -0.2) is 32.1 Å². The standard InChI is InChI=1S/C17H29FN2/c1-5-6-7-11-20(4)12-10-17(19-3)15-9-8-14(2)16(18)13-15/h8-9,13,17,19H,5-7,10-12H2,1-4H3. The normalized spacial score (nSPS) is 12.9. The van der Waals surface area contributed by atoms with E-state index in [0.717, 1.165) is 25.1 Å². The molecule has 0 radical (unpaired) electrons. The molecule has 3 heteroatoms. The third-order valence-electron chi connectivity index (χ3n) is 3.89. The van der Waals surface area contributed by atoms with Crippen molar-refractivity contribution >= 4 is 0 Å². The number of nitrogens with one attached hydrogen (secondary N) is 1. The van der Waals surface area contributed by atoms with Gasteiger partial charge < -0.3 is 10.2 Å². The van der Waals surface area contributed by atoms with Gasteiger partial charge in [-0.05, 0) is 64.1 Å². The summed E-state index contributed by atoms with van der Waals surface area (Å²) in [6.07, 6.45) is 4.82. The van der Waals surface area contributed by atoms with Crippen LogP contribution < -0.4 is 5.32 Å². The van der Waals surface area contributed by atoms with E-state index >= 15 is 0 Å². The largest absolute Gasteiger partial charge is 0.313 e. The molecule has 1 rings (SSSR count). The molecule has 0 amide bonds. The Bertz CT molecular complexity index is 393. The highest BCUT2D eigenvalue weighted by atomic mass is 19.1. The van der Waals surface area contributed by atoms with E-state index in [2.05, 4.69) is 24.2 Å². The number of benzene rings is 1. The minimum Gasteiger partial charge on any atom is -0.313 e. The predicted octanol–water partition coefficient (Wildman–Crippen LogP) is 3.91. The molecule has 0 saturated heterocycles. The fourth-order valence-corrected chi connectivity index (χ4v) is 2.40. The molecule has 114 valence electrons. The van der Waals surface area contributed by atoms with Crippen molar-refractivity contribution in [3.63, 3.8) is 0 Å². The molecule has 1 aromatic rings. The predicted molar refractivity (Wildman–Crippen MR) is 84.6 cm³/mol. The average Bonchev–Trinajstić information content (AvgIpc) is 2.43. The van der Waals surface area contributed by atoms with Crippen LogP contribution in [0.5, 0.6) is 0 Å². The van der Waals surface area contributed by atoms with Crippen LogP contribution in [0.15, 0.2) is 18.2 Å². The van der Waals surface area contributed by atoms with Gasteiger partial charge in [-0.1, -0.05) is 31.9 Å². The van der Waals surface area contributed by atoms with E-state index in [1.807, 2.05) is 19.2 Å². The van der Waals surface area contributed by atoms with E-state index in [4.69, 9.17) is 0 Å². The highest BCUT2D eigenvalue weighted by molar-refractivity contribution is 5.25. The molecular weight excluding hydrogens is 251 g/mol. The van der Waals surface area contributed by atoms with Crippen LogP contribution >= 0.6 is 0 Å². The van der Waals surface area contributed by atoms with Gasteiger partial charge in [-0.25, -0.2) is 4.39 Å². The zero-order valence-corrected chi connectivity index (χ0v) is 13.4. The summed E-state index contributed by atoms with van der Waals surface area (Å²) in [7, 11) is 4.11. The molecule has 1 unspecified atom stereocenters. The van der Waals surface area contributed by atoms with E-state index in [1.165, 1.54) is 19.3 Å².